The fourth-order valence-corrected chi connectivity index (χ4v) is 8.85. The number of benzene rings is 1. The summed E-state index contributed by atoms with van der Waals surface area (Å²) < 4.78 is 8.95. The van der Waals surface area contributed by atoms with Crippen molar-refractivity contribution in [1.29, 1.82) is 0 Å². The molecule has 3 saturated heterocycles. The number of likely N-dealkylation sites (N-methyl/N-ethyl adjacent to an activating group) is 1. The summed E-state index contributed by atoms with van der Waals surface area (Å²) in [5.41, 5.74) is 3.46. The van der Waals surface area contributed by atoms with Gasteiger partial charge in [0.25, 0.3) is 11.5 Å². The second-order valence-electron chi connectivity index (χ2n) is 16.3. The molecule has 3 aliphatic rings. The first-order valence-electron chi connectivity index (χ1n) is 20.7. The van der Waals surface area contributed by atoms with Gasteiger partial charge in [-0.3, -0.25) is 38.6 Å². The van der Waals surface area contributed by atoms with Gasteiger partial charge in [-0.2, -0.15) is 10.1 Å². The number of aliphatic hydroxyl groups excluding tert-OH is 1. The summed E-state index contributed by atoms with van der Waals surface area (Å²) in [5, 5.41) is 25.3. The Bertz CT molecular complexity index is 2540. The van der Waals surface area contributed by atoms with E-state index < -0.39 is 5.92 Å². The summed E-state index contributed by atoms with van der Waals surface area (Å²) >= 11 is 6.61. The first-order valence-corrected chi connectivity index (χ1v) is 21.1. The summed E-state index contributed by atoms with van der Waals surface area (Å²) in [5.74, 6) is 0.0488. The number of hydrogen-bond donors (Lipinski definition) is 4. The zero-order valence-electron chi connectivity index (χ0n) is 34.7. The molecule has 4 N–H and O–H groups in total. The Kier molecular flexibility index (Phi) is 12.1. The SMILES string of the molecule is CNC(=O)COc1cc2cc(Nc3nc(N4CCN(CC5CCN(c6ccc7c(C8CCC(=O)NC8=O)nn(C)c7c6)CC5)C[C@@H]4CO)ncc3Cl)cnc2n(C(C)C)c1=O. The van der Waals surface area contributed by atoms with Crippen molar-refractivity contribution in [2.75, 3.05) is 74.6 Å². The van der Waals surface area contributed by atoms with E-state index in [-0.39, 0.29) is 54.3 Å². The molecule has 5 aromatic rings. The molecule has 0 aliphatic carbocycles. The summed E-state index contributed by atoms with van der Waals surface area (Å²) in [6.07, 6.45) is 5.99. The van der Waals surface area contributed by atoms with E-state index >= 15 is 0 Å². The number of piperidine rings is 2. The average molecular weight is 855 g/mol. The number of ether oxygens (including phenoxy) is 1. The lowest BCUT2D eigenvalue weighted by Crippen LogP contribution is -2.56. The topological polar surface area (TPSA) is 205 Å². The fourth-order valence-electron chi connectivity index (χ4n) is 8.71. The third-order valence-corrected chi connectivity index (χ3v) is 12.2. The maximum Gasteiger partial charge on any atom is 0.294 e. The van der Waals surface area contributed by atoms with E-state index in [4.69, 9.17) is 26.4 Å². The Hall–Kier alpha value is -5.85. The van der Waals surface area contributed by atoms with Gasteiger partial charge in [0.2, 0.25) is 17.8 Å². The second kappa shape index (κ2) is 17.6. The number of imide groups is 1. The van der Waals surface area contributed by atoms with Crippen molar-refractivity contribution >= 4 is 74.4 Å². The van der Waals surface area contributed by atoms with Crippen molar-refractivity contribution in [2.24, 2.45) is 13.0 Å². The number of fused-ring (bicyclic) bond motifs is 2. The lowest BCUT2D eigenvalue weighted by molar-refractivity contribution is -0.134. The molecule has 0 bridgehead atoms. The van der Waals surface area contributed by atoms with Crippen LogP contribution in [0.3, 0.4) is 0 Å². The van der Waals surface area contributed by atoms with Gasteiger partial charge < -0.3 is 30.3 Å². The van der Waals surface area contributed by atoms with E-state index in [9.17, 15) is 24.3 Å². The first-order chi connectivity index (χ1) is 29.4. The molecule has 7 heterocycles. The van der Waals surface area contributed by atoms with Crippen LogP contribution in [-0.4, -0.2) is 123 Å². The van der Waals surface area contributed by atoms with E-state index in [0.717, 1.165) is 61.3 Å². The molecule has 4 aromatic heterocycles. The van der Waals surface area contributed by atoms with Crippen LogP contribution in [0.2, 0.25) is 5.02 Å². The molecule has 1 aromatic carbocycles. The zero-order chi connectivity index (χ0) is 42.9. The van der Waals surface area contributed by atoms with Crippen LogP contribution < -0.4 is 36.0 Å². The number of carbonyl (C=O) groups is 3. The van der Waals surface area contributed by atoms with Gasteiger partial charge in [-0.15, -0.1) is 0 Å². The first kappa shape index (κ1) is 41.9. The highest BCUT2D eigenvalue weighted by Crippen LogP contribution is 2.34. The van der Waals surface area contributed by atoms with Crippen LogP contribution in [0.4, 0.5) is 23.1 Å². The van der Waals surface area contributed by atoms with Crippen LogP contribution in [0.1, 0.15) is 57.2 Å². The number of piperazine rings is 1. The number of aromatic nitrogens is 6. The highest BCUT2D eigenvalue weighted by Gasteiger charge is 2.33. The van der Waals surface area contributed by atoms with E-state index in [2.05, 4.69) is 53.9 Å². The van der Waals surface area contributed by atoms with Crippen LogP contribution in [0.25, 0.3) is 21.9 Å². The average Bonchev–Trinajstić information content (AvgIpc) is 3.58. The molecule has 3 amide bonds. The molecule has 0 radical (unpaired) electrons. The van der Waals surface area contributed by atoms with Crippen molar-refractivity contribution in [3.8, 4) is 5.75 Å². The number of hydrogen-bond acceptors (Lipinski definition) is 14. The van der Waals surface area contributed by atoms with E-state index in [0.29, 0.717) is 65.4 Å². The fraction of sp³-hybridized carbons (Fsp3) is 0.476. The number of halogens is 1. The van der Waals surface area contributed by atoms with Crippen molar-refractivity contribution in [2.45, 2.75) is 57.5 Å². The largest absolute Gasteiger partial charge is 0.478 e. The van der Waals surface area contributed by atoms with Crippen LogP contribution in [0.5, 0.6) is 5.75 Å². The smallest absolute Gasteiger partial charge is 0.294 e. The molecule has 19 heteroatoms. The minimum Gasteiger partial charge on any atom is -0.478 e. The van der Waals surface area contributed by atoms with Gasteiger partial charge in [0, 0.05) is 82.3 Å². The molecule has 61 heavy (non-hydrogen) atoms. The molecule has 322 valence electrons. The number of amides is 3. The molecule has 8 rings (SSSR count). The predicted octanol–water partition coefficient (Wildman–Crippen LogP) is 3.10. The number of nitrogens with one attached hydrogen (secondary N) is 3. The third kappa shape index (κ3) is 8.69. The number of nitrogens with zero attached hydrogens (tertiary/aromatic N) is 9. The van der Waals surface area contributed by atoms with Gasteiger partial charge in [0.15, 0.2) is 18.2 Å². The molecular weight excluding hydrogens is 804 g/mol. The van der Waals surface area contributed by atoms with Gasteiger partial charge >= 0.3 is 0 Å². The van der Waals surface area contributed by atoms with Gasteiger partial charge in [-0.25, -0.2) is 9.97 Å². The maximum absolute atomic E-state index is 13.2. The summed E-state index contributed by atoms with van der Waals surface area (Å²) in [6.45, 7) is 8.22. The summed E-state index contributed by atoms with van der Waals surface area (Å²) in [6, 6.07) is 9.26. The summed E-state index contributed by atoms with van der Waals surface area (Å²) in [4.78, 5) is 70.2. The van der Waals surface area contributed by atoms with Crippen LogP contribution >= 0.6 is 11.6 Å². The van der Waals surface area contributed by atoms with E-state index in [1.807, 2.05) is 36.5 Å². The lowest BCUT2D eigenvalue weighted by atomic mass is 9.92. The molecule has 3 aliphatic heterocycles. The lowest BCUT2D eigenvalue weighted by Gasteiger charge is -2.43. The Morgan fingerprint density at radius 2 is 1.85 bits per heavy atom. The quantitative estimate of drug-likeness (QED) is 0.133. The molecule has 1 unspecified atom stereocenters. The predicted molar refractivity (Wildman–Crippen MR) is 232 cm³/mol. The highest BCUT2D eigenvalue weighted by molar-refractivity contribution is 6.33. The Balaban J connectivity index is 0.893. The van der Waals surface area contributed by atoms with Crippen LogP contribution in [0.15, 0.2) is 47.5 Å². The standard InChI is InChI=1S/C42H51ClN12O6/c1-24(2)55-39-26(16-34(41(55)60)61-23-36(58)44-3)15-27(18-45-39)47-38-32(43)19-46-42(49-38)54-14-13-52(21-29(54)22-56)20-25-9-11-53(12-10-25)28-5-6-30-33(17-28)51(4)50-37(30)31-7-8-35(57)48-40(31)59/h5-6,15-19,24-25,29,31,56H,7-14,20-23H2,1-4H3,(H,44,58)(H,46,47,49)(H,48,57,59)/t29-,31?/m1/s1. The highest BCUT2D eigenvalue weighted by atomic mass is 35.5. The van der Waals surface area contributed by atoms with Crippen molar-refractivity contribution < 1.29 is 24.2 Å². The molecule has 3 fully saturated rings. The third-order valence-electron chi connectivity index (χ3n) is 12.0. The molecule has 18 nitrogen and oxygen atoms in total. The zero-order valence-corrected chi connectivity index (χ0v) is 35.5. The van der Waals surface area contributed by atoms with E-state index in [1.54, 1.807) is 18.5 Å². The van der Waals surface area contributed by atoms with Crippen molar-refractivity contribution in [1.82, 2.24) is 44.8 Å². The second-order valence-corrected chi connectivity index (χ2v) is 16.7. The Morgan fingerprint density at radius 3 is 2.59 bits per heavy atom. The molecular formula is C42H51ClN12O6. The molecule has 2 atom stereocenters. The Morgan fingerprint density at radius 1 is 1.05 bits per heavy atom. The van der Waals surface area contributed by atoms with Crippen LogP contribution in [0, 0.1) is 5.92 Å². The monoisotopic (exact) mass is 854 g/mol. The van der Waals surface area contributed by atoms with Gasteiger partial charge in [0.1, 0.15) is 10.7 Å². The summed E-state index contributed by atoms with van der Waals surface area (Å²) in [7, 11) is 3.39. The number of carbonyl (C=O) groups excluding carboxylic acids is 3. The van der Waals surface area contributed by atoms with Crippen molar-refractivity contribution in [3.63, 3.8) is 0 Å². The van der Waals surface area contributed by atoms with E-state index in [1.165, 1.54) is 11.6 Å². The minimum atomic E-state index is -0.433. The normalized spacial score (nSPS) is 19.2. The Labute approximate surface area is 357 Å². The van der Waals surface area contributed by atoms with Crippen molar-refractivity contribution in [3.05, 3.63) is 63.8 Å². The molecule has 0 saturated carbocycles. The number of anilines is 4. The van der Waals surface area contributed by atoms with Crippen LogP contribution in [-0.2, 0) is 21.4 Å². The number of aliphatic hydroxyl groups is 1. The number of pyridine rings is 2. The van der Waals surface area contributed by atoms with Gasteiger partial charge in [0.05, 0.1) is 47.9 Å². The number of rotatable bonds is 12. The minimum absolute atomic E-state index is 0.0364. The maximum atomic E-state index is 13.2. The van der Waals surface area contributed by atoms with Gasteiger partial charge in [-0.05, 0) is 69.4 Å². The number of aryl methyl sites for hydroxylation is 1. The van der Waals surface area contributed by atoms with Gasteiger partial charge in [-0.1, -0.05) is 11.6 Å². The molecule has 0 spiro atoms.